The number of amides is 1. The number of alkyl halides is 3. The molecule has 0 atom stereocenters. The molecule has 1 aromatic carbocycles. The van der Waals surface area contributed by atoms with E-state index in [0.29, 0.717) is 12.1 Å². The molecule has 0 spiro atoms. The van der Waals surface area contributed by atoms with Gasteiger partial charge in [0.05, 0.1) is 0 Å². The van der Waals surface area contributed by atoms with E-state index in [1.54, 1.807) is 7.05 Å². The van der Waals surface area contributed by atoms with Gasteiger partial charge in [-0.2, -0.15) is 5.10 Å². The molecule has 0 saturated heterocycles. The number of benzene rings is 1. The third-order valence-electron chi connectivity index (χ3n) is 3.73. The smallest absolute Gasteiger partial charge is 0.406 e. The predicted octanol–water partition coefficient (Wildman–Crippen LogP) is 3.21. The average Bonchev–Trinajstić information content (AvgIpc) is 2.61. The van der Waals surface area contributed by atoms with E-state index in [9.17, 15) is 22.8 Å². The van der Waals surface area contributed by atoms with Crippen LogP contribution in [0.1, 0.15) is 35.8 Å². The normalized spacial score (nSPS) is 11.3. The second kappa shape index (κ2) is 8.70. The Kier molecular flexibility index (Phi) is 6.59. The summed E-state index contributed by atoms with van der Waals surface area (Å²) in [5.41, 5.74) is 0.479. The lowest BCUT2D eigenvalue weighted by atomic mass is 10.2. The van der Waals surface area contributed by atoms with Crippen LogP contribution in [0.3, 0.4) is 0 Å². The molecule has 2 rings (SSSR count). The van der Waals surface area contributed by atoms with Gasteiger partial charge in [0.15, 0.2) is 0 Å². The first-order chi connectivity index (χ1) is 12.7. The van der Waals surface area contributed by atoms with Gasteiger partial charge in [-0.25, -0.2) is 4.68 Å². The number of rotatable bonds is 7. The van der Waals surface area contributed by atoms with Crippen LogP contribution in [0.25, 0.3) is 0 Å². The number of carbonyl (C=O) groups is 1. The van der Waals surface area contributed by atoms with E-state index >= 15 is 0 Å². The van der Waals surface area contributed by atoms with Gasteiger partial charge in [0.1, 0.15) is 11.4 Å². The van der Waals surface area contributed by atoms with E-state index < -0.39 is 12.3 Å². The number of aromatic nitrogens is 2. The highest BCUT2D eigenvalue weighted by molar-refractivity contribution is 5.91. The summed E-state index contributed by atoms with van der Waals surface area (Å²) in [6.07, 6.45) is -3.09. The van der Waals surface area contributed by atoms with Crippen molar-refractivity contribution in [1.82, 2.24) is 14.7 Å². The minimum Gasteiger partial charge on any atom is -0.406 e. The van der Waals surface area contributed by atoms with Crippen LogP contribution < -0.4 is 10.3 Å². The van der Waals surface area contributed by atoms with Gasteiger partial charge in [-0.3, -0.25) is 9.59 Å². The van der Waals surface area contributed by atoms with Gasteiger partial charge in [-0.1, -0.05) is 25.5 Å². The summed E-state index contributed by atoms with van der Waals surface area (Å²) in [5.74, 6) is -0.722. The maximum atomic E-state index is 12.5. The quantitative estimate of drug-likeness (QED) is 0.737. The number of aryl methyl sites for hydroxylation is 1. The first kappa shape index (κ1) is 20.5. The summed E-state index contributed by atoms with van der Waals surface area (Å²) in [7, 11) is 1.55. The van der Waals surface area contributed by atoms with Gasteiger partial charge in [-0.05, 0) is 30.2 Å². The van der Waals surface area contributed by atoms with E-state index in [1.165, 1.54) is 46.0 Å². The Hall–Kier alpha value is -2.84. The molecule has 0 fully saturated rings. The Morgan fingerprint density at radius 3 is 2.44 bits per heavy atom. The summed E-state index contributed by atoms with van der Waals surface area (Å²) in [6.45, 7) is 2.58. The van der Waals surface area contributed by atoms with Crippen LogP contribution >= 0.6 is 0 Å². The summed E-state index contributed by atoms with van der Waals surface area (Å²) >= 11 is 0. The van der Waals surface area contributed by atoms with E-state index in [-0.39, 0.29) is 23.5 Å². The van der Waals surface area contributed by atoms with Gasteiger partial charge in [-0.15, -0.1) is 13.2 Å². The Labute approximate surface area is 154 Å². The van der Waals surface area contributed by atoms with Crippen molar-refractivity contribution in [1.29, 1.82) is 0 Å². The maximum absolute atomic E-state index is 12.5. The molecular weight excluding hydrogens is 363 g/mol. The van der Waals surface area contributed by atoms with Crippen molar-refractivity contribution in [2.75, 3.05) is 7.05 Å². The van der Waals surface area contributed by atoms with Crippen LogP contribution in [-0.2, 0) is 13.1 Å². The molecule has 0 saturated carbocycles. The zero-order valence-electron chi connectivity index (χ0n) is 15.0. The van der Waals surface area contributed by atoms with Gasteiger partial charge < -0.3 is 9.64 Å². The fourth-order valence-corrected chi connectivity index (χ4v) is 2.37. The van der Waals surface area contributed by atoms with Crippen molar-refractivity contribution in [3.63, 3.8) is 0 Å². The number of carbonyl (C=O) groups excluding carboxylic acids is 1. The van der Waals surface area contributed by atoms with Crippen LogP contribution in [0, 0.1) is 0 Å². The van der Waals surface area contributed by atoms with Crippen LogP contribution in [0.4, 0.5) is 13.2 Å². The monoisotopic (exact) mass is 383 g/mol. The Balaban J connectivity index is 2.06. The van der Waals surface area contributed by atoms with Crippen molar-refractivity contribution in [2.24, 2.45) is 0 Å². The molecule has 0 aliphatic carbocycles. The van der Waals surface area contributed by atoms with Crippen LogP contribution in [0.2, 0.25) is 0 Å². The van der Waals surface area contributed by atoms with E-state index in [2.05, 4.69) is 9.84 Å². The molecule has 0 unspecified atom stereocenters. The van der Waals surface area contributed by atoms with Crippen LogP contribution in [0.15, 0.2) is 41.2 Å². The summed E-state index contributed by atoms with van der Waals surface area (Å²) in [4.78, 5) is 25.7. The van der Waals surface area contributed by atoms with Gasteiger partial charge in [0.25, 0.3) is 11.5 Å². The van der Waals surface area contributed by atoms with Crippen molar-refractivity contribution < 1.29 is 22.7 Å². The van der Waals surface area contributed by atoms with Crippen molar-refractivity contribution in [3.05, 3.63) is 58.0 Å². The van der Waals surface area contributed by atoms with Crippen LogP contribution in [-0.4, -0.2) is 34.0 Å². The molecule has 0 aliphatic rings. The summed E-state index contributed by atoms with van der Waals surface area (Å²) in [6, 6.07) is 7.92. The molecular formula is C18H20F3N3O3. The SMILES string of the molecule is CCCCn1nc(C(=O)N(C)Cc2ccc(OC(F)(F)F)cc2)ccc1=O. The van der Waals surface area contributed by atoms with Gasteiger partial charge in [0.2, 0.25) is 0 Å². The standard InChI is InChI=1S/C18H20F3N3O3/c1-3-4-11-24-16(25)10-9-15(22-24)17(26)23(2)12-13-5-7-14(8-6-13)27-18(19,20)21/h5-10H,3-4,11-12H2,1-2H3. The largest absolute Gasteiger partial charge is 0.573 e. The Bertz CT molecular complexity index is 832. The molecule has 0 aliphatic heterocycles. The lowest BCUT2D eigenvalue weighted by Crippen LogP contribution is -2.31. The minimum atomic E-state index is -4.75. The first-order valence-electron chi connectivity index (χ1n) is 8.38. The zero-order valence-corrected chi connectivity index (χ0v) is 15.0. The highest BCUT2D eigenvalue weighted by Gasteiger charge is 2.31. The molecule has 2 aromatic rings. The molecule has 0 N–H and O–H groups in total. The second-order valence-corrected chi connectivity index (χ2v) is 5.99. The van der Waals surface area contributed by atoms with E-state index in [4.69, 9.17) is 0 Å². The van der Waals surface area contributed by atoms with E-state index in [0.717, 1.165) is 12.8 Å². The lowest BCUT2D eigenvalue weighted by Gasteiger charge is -2.17. The molecule has 9 heteroatoms. The average molecular weight is 383 g/mol. The van der Waals surface area contributed by atoms with Gasteiger partial charge >= 0.3 is 6.36 Å². The molecule has 146 valence electrons. The number of unbranched alkanes of at least 4 members (excludes halogenated alkanes) is 1. The highest BCUT2D eigenvalue weighted by Crippen LogP contribution is 2.23. The maximum Gasteiger partial charge on any atom is 0.573 e. The number of halogens is 3. The third-order valence-corrected chi connectivity index (χ3v) is 3.73. The molecule has 1 amide bonds. The van der Waals surface area contributed by atoms with Crippen molar-refractivity contribution >= 4 is 5.91 Å². The predicted molar refractivity (Wildman–Crippen MR) is 92.3 cm³/mol. The Morgan fingerprint density at radius 2 is 1.85 bits per heavy atom. The number of hydrogen-bond donors (Lipinski definition) is 0. The molecule has 0 bridgehead atoms. The zero-order chi connectivity index (χ0) is 20.0. The lowest BCUT2D eigenvalue weighted by molar-refractivity contribution is -0.274. The van der Waals surface area contributed by atoms with Crippen molar-refractivity contribution in [2.45, 2.75) is 39.2 Å². The topological polar surface area (TPSA) is 64.4 Å². The molecule has 6 nitrogen and oxygen atoms in total. The highest BCUT2D eigenvalue weighted by atomic mass is 19.4. The molecule has 27 heavy (non-hydrogen) atoms. The van der Waals surface area contributed by atoms with Crippen LogP contribution in [0.5, 0.6) is 5.75 Å². The molecule has 1 heterocycles. The van der Waals surface area contributed by atoms with E-state index in [1.807, 2.05) is 6.92 Å². The minimum absolute atomic E-state index is 0.130. The first-order valence-corrected chi connectivity index (χ1v) is 8.38. The third kappa shape index (κ3) is 6.12. The Morgan fingerprint density at radius 1 is 1.19 bits per heavy atom. The number of ether oxygens (including phenoxy) is 1. The fraction of sp³-hybridized carbons (Fsp3) is 0.389. The second-order valence-electron chi connectivity index (χ2n) is 5.99. The summed E-state index contributed by atoms with van der Waals surface area (Å²) < 4.78 is 41.6. The van der Waals surface area contributed by atoms with Gasteiger partial charge in [0, 0.05) is 26.2 Å². The molecule has 0 radical (unpaired) electrons. The molecule has 1 aromatic heterocycles. The number of nitrogens with zero attached hydrogens (tertiary/aromatic N) is 3. The fourth-order valence-electron chi connectivity index (χ4n) is 2.37. The summed E-state index contributed by atoms with van der Waals surface area (Å²) in [5, 5.41) is 4.09. The van der Waals surface area contributed by atoms with Crippen molar-refractivity contribution in [3.8, 4) is 5.75 Å². The number of hydrogen-bond acceptors (Lipinski definition) is 4.